The lowest BCUT2D eigenvalue weighted by Crippen LogP contribution is -2.51. The number of rotatable bonds is 12. The van der Waals surface area contributed by atoms with Gasteiger partial charge in [-0.1, -0.05) is 13.3 Å². The molecule has 0 bridgehead atoms. The number of amides is 2. The van der Waals surface area contributed by atoms with E-state index in [2.05, 4.69) is 17.1 Å². The van der Waals surface area contributed by atoms with Crippen LogP contribution in [-0.4, -0.2) is 88.3 Å². The molecule has 30 heavy (non-hydrogen) atoms. The highest BCUT2D eigenvalue weighted by Crippen LogP contribution is 2.29. The van der Waals surface area contributed by atoms with Gasteiger partial charge < -0.3 is 24.4 Å². The Hall–Kier alpha value is -2.32. The summed E-state index contributed by atoms with van der Waals surface area (Å²) in [6, 6.07) is 5.32. The fourth-order valence-corrected chi connectivity index (χ4v) is 3.24. The summed E-state index contributed by atoms with van der Waals surface area (Å²) in [5.41, 5.74) is 0.582. The van der Waals surface area contributed by atoms with Gasteiger partial charge in [-0.05, 0) is 31.0 Å². The lowest BCUT2D eigenvalue weighted by Gasteiger charge is -2.34. The Morgan fingerprint density at radius 2 is 1.80 bits per heavy atom. The summed E-state index contributed by atoms with van der Waals surface area (Å²) in [6.07, 6.45) is 2.83. The monoisotopic (exact) mass is 421 g/mol. The van der Waals surface area contributed by atoms with Gasteiger partial charge in [0.1, 0.15) is 0 Å². The zero-order valence-electron chi connectivity index (χ0n) is 18.4. The Morgan fingerprint density at radius 3 is 2.47 bits per heavy atom. The predicted octanol–water partition coefficient (Wildman–Crippen LogP) is 1.78. The molecule has 8 nitrogen and oxygen atoms in total. The summed E-state index contributed by atoms with van der Waals surface area (Å²) in [5.74, 6) is 1.20. The highest BCUT2D eigenvalue weighted by atomic mass is 16.5. The van der Waals surface area contributed by atoms with E-state index in [1.54, 1.807) is 32.4 Å². The van der Waals surface area contributed by atoms with Gasteiger partial charge in [0.05, 0.1) is 20.3 Å². The van der Waals surface area contributed by atoms with Crippen molar-refractivity contribution >= 4 is 11.8 Å². The highest BCUT2D eigenvalue weighted by Gasteiger charge is 2.24. The fourth-order valence-electron chi connectivity index (χ4n) is 3.24. The van der Waals surface area contributed by atoms with E-state index in [0.717, 1.165) is 19.3 Å². The standard InChI is InChI=1S/C22H35N3O5/c1-4-5-15-30-19-8-7-18(16-20(19)29-3)22(27)25-12-10-24(11-13-25)17-21(26)23-9-6-14-28-2/h7-8,16H,4-6,9-15,17H2,1-3H3,(H,23,26). The zero-order valence-corrected chi connectivity index (χ0v) is 18.4. The van der Waals surface area contributed by atoms with E-state index in [4.69, 9.17) is 14.2 Å². The molecule has 1 heterocycles. The molecule has 1 saturated heterocycles. The second kappa shape index (κ2) is 13.1. The van der Waals surface area contributed by atoms with Crippen LogP contribution in [0.1, 0.15) is 36.5 Å². The van der Waals surface area contributed by atoms with Crippen molar-refractivity contribution in [3.8, 4) is 11.5 Å². The molecule has 0 radical (unpaired) electrons. The van der Waals surface area contributed by atoms with E-state index >= 15 is 0 Å². The SMILES string of the molecule is CCCCOc1ccc(C(=O)N2CCN(CC(=O)NCCCOC)CC2)cc1OC. The first-order valence-electron chi connectivity index (χ1n) is 10.7. The van der Waals surface area contributed by atoms with Crippen LogP contribution in [0.15, 0.2) is 18.2 Å². The molecule has 0 aliphatic carbocycles. The number of nitrogens with one attached hydrogen (secondary N) is 1. The Balaban J connectivity index is 1.82. The Morgan fingerprint density at radius 1 is 1.03 bits per heavy atom. The second-order valence-corrected chi connectivity index (χ2v) is 7.33. The van der Waals surface area contributed by atoms with Crippen LogP contribution in [-0.2, 0) is 9.53 Å². The van der Waals surface area contributed by atoms with Gasteiger partial charge in [-0.2, -0.15) is 0 Å². The van der Waals surface area contributed by atoms with E-state index in [0.29, 0.717) is 69.5 Å². The van der Waals surface area contributed by atoms with Gasteiger partial charge >= 0.3 is 0 Å². The first-order valence-corrected chi connectivity index (χ1v) is 10.7. The average Bonchev–Trinajstić information content (AvgIpc) is 2.77. The van der Waals surface area contributed by atoms with Gasteiger partial charge in [0.15, 0.2) is 11.5 Å². The molecular formula is C22H35N3O5. The summed E-state index contributed by atoms with van der Waals surface area (Å²) in [6.45, 7) is 6.87. The summed E-state index contributed by atoms with van der Waals surface area (Å²) in [5, 5.41) is 2.89. The maximum absolute atomic E-state index is 12.9. The van der Waals surface area contributed by atoms with Crippen LogP contribution in [0.25, 0.3) is 0 Å². The quantitative estimate of drug-likeness (QED) is 0.518. The normalized spacial score (nSPS) is 14.4. The molecule has 2 amide bonds. The number of ether oxygens (including phenoxy) is 3. The molecule has 0 unspecified atom stereocenters. The van der Waals surface area contributed by atoms with Gasteiger partial charge in [-0.15, -0.1) is 0 Å². The first-order chi connectivity index (χ1) is 14.6. The van der Waals surface area contributed by atoms with Crippen molar-refractivity contribution in [2.75, 3.05) is 66.7 Å². The first kappa shape index (κ1) is 24.0. The van der Waals surface area contributed by atoms with Crippen molar-refractivity contribution in [3.63, 3.8) is 0 Å². The van der Waals surface area contributed by atoms with Crippen molar-refractivity contribution in [1.29, 1.82) is 0 Å². The average molecular weight is 422 g/mol. The van der Waals surface area contributed by atoms with Crippen molar-refractivity contribution in [2.24, 2.45) is 0 Å². The molecule has 0 spiro atoms. The fraction of sp³-hybridized carbons (Fsp3) is 0.636. The number of piperazine rings is 1. The van der Waals surface area contributed by atoms with E-state index in [9.17, 15) is 9.59 Å². The molecule has 1 N–H and O–H groups in total. The van der Waals surface area contributed by atoms with E-state index < -0.39 is 0 Å². The Bertz CT molecular complexity index is 675. The van der Waals surface area contributed by atoms with E-state index in [-0.39, 0.29) is 11.8 Å². The molecule has 168 valence electrons. The van der Waals surface area contributed by atoms with Crippen LogP contribution >= 0.6 is 0 Å². The molecule has 2 rings (SSSR count). The van der Waals surface area contributed by atoms with E-state index in [1.165, 1.54) is 0 Å². The van der Waals surface area contributed by atoms with Crippen molar-refractivity contribution < 1.29 is 23.8 Å². The molecule has 0 atom stereocenters. The number of benzene rings is 1. The smallest absolute Gasteiger partial charge is 0.254 e. The Labute approximate surface area is 179 Å². The topological polar surface area (TPSA) is 80.3 Å². The lowest BCUT2D eigenvalue weighted by molar-refractivity contribution is -0.122. The van der Waals surface area contributed by atoms with Crippen molar-refractivity contribution in [1.82, 2.24) is 15.1 Å². The number of nitrogens with zero attached hydrogens (tertiary/aromatic N) is 2. The molecule has 1 aliphatic rings. The highest BCUT2D eigenvalue weighted by molar-refractivity contribution is 5.95. The number of hydrogen-bond donors (Lipinski definition) is 1. The molecular weight excluding hydrogens is 386 g/mol. The summed E-state index contributed by atoms with van der Waals surface area (Å²) >= 11 is 0. The largest absolute Gasteiger partial charge is 0.493 e. The van der Waals surface area contributed by atoms with Crippen LogP contribution in [0, 0.1) is 0 Å². The second-order valence-electron chi connectivity index (χ2n) is 7.33. The maximum Gasteiger partial charge on any atom is 0.254 e. The van der Waals surface area contributed by atoms with Crippen LogP contribution in [0.2, 0.25) is 0 Å². The number of methoxy groups -OCH3 is 2. The summed E-state index contributed by atoms with van der Waals surface area (Å²) in [4.78, 5) is 28.8. The summed E-state index contributed by atoms with van der Waals surface area (Å²) in [7, 11) is 3.23. The lowest BCUT2D eigenvalue weighted by atomic mass is 10.1. The van der Waals surface area contributed by atoms with Crippen LogP contribution in [0.3, 0.4) is 0 Å². The number of carbonyl (C=O) groups is 2. The van der Waals surface area contributed by atoms with Gasteiger partial charge in [-0.25, -0.2) is 0 Å². The Kier molecular flexibility index (Phi) is 10.4. The molecule has 1 aromatic rings. The van der Waals surface area contributed by atoms with Crippen molar-refractivity contribution in [2.45, 2.75) is 26.2 Å². The minimum absolute atomic E-state index is 0.00859. The van der Waals surface area contributed by atoms with Crippen LogP contribution in [0.4, 0.5) is 0 Å². The van der Waals surface area contributed by atoms with Gasteiger partial charge in [-0.3, -0.25) is 14.5 Å². The van der Waals surface area contributed by atoms with Crippen LogP contribution in [0.5, 0.6) is 11.5 Å². The molecule has 0 saturated carbocycles. The minimum atomic E-state index is -0.0305. The van der Waals surface area contributed by atoms with Gasteiger partial charge in [0.25, 0.3) is 5.91 Å². The van der Waals surface area contributed by atoms with Crippen LogP contribution < -0.4 is 14.8 Å². The molecule has 1 fully saturated rings. The zero-order chi connectivity index (χ0) is 21.8. The number of carbonyl (C=O) groups excluding carboxylic acids is 2. The summed E-state index contributed by atoms with van der Waals surface area (Å²) < 4.78 is 16.1. The maximum atomic E-state index is 12.9. The third-order valence-corrected chi connectivity index (χ3v) is 5.04. The number of unbranched alkanes of at least 4 members (excludes halogenated alkanes) is 1. The molecule has 1 aromatic carbocycles. The minimum Gasteiger partial charge on any atom is -0.493 e. The molecule has 8 heteroatoms. The molecule has 1 aliphatic heterocycles. The van der Waals surface area contributed by atoms with Crippen molar-refractivity contribution in [3.05, 3.63) is 23.8 Å². The van der Waals surface area contributed by atoms with Gasteiger partial charge in [0.2, 0.25) is 5.91 Å². The van der Waals surface area contributed by atoms with Gasteiger partial charge in [0, 0.05) is 52.0 Å². The third-order valence-electron chi connectivity index (χ3n) is 5.04. The number of hydrogen-bond acceptors (Lipinski definition) is 6. The van der Waals surface area contributed by atoms with E-state index in [1.807, 2.05) is 4.90 Å². The predicted molar refractivity (Wildman–Crippen MR) is 115 cm³/mol. The third kappa shape index (κ3) is 7.50. The molecule has 0 aromatic heterocycles.